The van der Waals surface area contributed by atoms with Gasteiger partial charge in [0.2, 0.25) is 11.9 Å². The summed E-state index contributed by atoms with van der Waals surface area (Å²) in [7, 11) is 1.99. The third-order valence-electron chi connectivity index (χ3n) is 7.13. The van der Waals surface area contributed by atoms with Crippen molar-refractivity contribution in [3.05, 3.63) is 48.9 Å². The Morgan fingerprint density at radius 1 is 1.17 bits per heavy atom. The van der Waals surface area contributed by atoms with Crippen molar-refractivity contribution in [2.75, 3.05) is 24.2 Å². The molecule has 2 fully saturated rings. The maximum atomic E-state index is 12.2. The largest absolute Gasteiger partial charge is 0.325 e. The Balaban J connectivity index is 1.22. The highest BCUT2D eigenvalue weighted by molar-refractivity contribution is 5.92. The molecule has 9 nitrogen and oxygen atoms in total. The molecule has 2 aliphatic rings. The van der Waals surface area contributed by atoms with Gasteiger partial charge in [-0.3, -0.25) is 14.4 Å². The highest BCUT2D eigenvalue weighted by Gasteiger charge is 2.28. The lowest BCUT2D eigenvalue weighted by atomic mass is 9.96. The Hall–Kier alpha value is -3.77. The van der Waals surface area contributed by atoms with Gasteiger partial charge in [-0.15, -0.1) is 0 Å². The summed E-state index contributed by atoms with van der Waals surface area (Å²) in [4.78, 5) is 23.4. The molecule has 2 aliphatic carbocycles. The number of nitrogens with zero attached hydrogens (tertiary/aromatic N) is 6. The number of nitrogens with one attached hydrogen (secondary N) is 2. The summed E-state index contributed by atoms with van der Waals surface area (Å²) in [5, 5.41) is 20.1. The first-order chi connectivity index (χ1) is 17.6. The second-order valence-corrected chi connectivity index (χ2v) is 9.85. The molecule has 3 aromatic rings. The molecule has 0 spiro atoms. The number of benzene rings is 1. The topological polar surface area (TPSA) is 112 Å². The van der Waals surface area contributed by atoms with E-state index in [-0.39, 0.29) is 11.9 Å². The van der Waals surface area contributed by atoms with Gasteiger partial charge in [-0.2, -0.15) is 10.4 Å². The van der Waals surface area contributed by atoms with Crippen molar-refractivity contribution in [2.45, 2.75) is 57.0 Å². The van der Waals surface area contributed by atoms with E-state index >= 15 is 0 Å². The van der Waals surface area contributed by atoms with Gasteiger partial charge in [0.25, 0.3) is 0 Å². The second-order valence-electron chi connectivity index (χ2n) is 9.85. The molecular formula is C27H32N8O. The van der Waals surface area contributed by atoms with Crippen molar-refractivity contribution in [3.8, 4) is 17.3 Å². The minimum absolute atomic E-state index is 0.00775. The molecule has 0 aliphatic heterocycles. The molecular weight excluding hydrogens is 452 g/mol. The molecule has 2 saturated carbocycles. The molecule has 2 N–H and O–H groups in total. The van der Waals surface area contributed by atoms with E-state index < -0.39 is 0 Å². The summed E-state index contributed by atoms with van der Waals surface area (Å²) in [5.74, 6) is 0.978. The van der Waals surface area contributed by atoms with Crippen LogP contribution in [0.5, 0.6) is 0 Å². The molecule has 9 heteroatoms. The molecule has 5 rings (SSSR count). The Kier molecular flexibility index (Phi) is 7.23. The average molecular weight is 485 g/mol. The van der Waals surface area contributed by atoms with Gasteiger partial charge in [0.05, 0.1) is 37.0 Å². The first-order valence-electron chi connectivity index (χ1n) is 12.7. The van der Waals surface area contributed by atoms with Gasteiger partial charge in [-0.05, 0) is 69.0 Å². The lowest BCUT2D eigenvalue weighted by Crippen LogP contribution is -2.31. The summed E-state index contributed by atoms with van der Waals surface area (Å²) >= 11 is 0. The normalized spacial score (nSPS) is 16.6. The maximum absolute atomic E-state index is 12.2. The number of rotatable bonds is 10. The number of likely N-dealkylation sites (N-methyl/N-ethyl adjacent to an activating group) is 1. The molecule has 2 heterocycles. The number of nitriles is 1. The Morgan fingerprint density at radius 3 is 2.64 bits per heavy atom. The number of carbonyl (C=O) groups is 1. The number of anilines is 3. The fourth-order valence-electron chi connectivity index (χ4n) is 4.98. The molecule has 0 saturated heterocycles. The molecule has 1 unspecified atom stereocenters. The Labute approximate surface area is 211 Å². The molecule has 36 heavy (non-hydrogen) atoms. The Bertz CT molecular complexity index is 1220. The van der Waals surface area contributed by atoms with Crippen LogP contribution in [0, 0.1) is 17.2 Å². The van der Waals surface area contributed by atoms with E-state index in [1.165, 1.54) is 25.7 Å². The van der Waals surface area contributed by atoms with Crippen LogP contribution in [0.25, 0.3) is 11.3 Å². The number of carbonyl (C=O) groups excluding carboxylic acids is 1. The third kappa shape index (κ3) is 5.89. The van der Waals surface area contributed by atoms with Gasteiger partial charge >= 0.3 is 0 Å². The Morgan fingerprint density at radius 2 is 1.92 bits per heavy atom. The van der Waals surface area contributed by atoms with E-state index in [1.54, 1.807) is 6.20 Å². The van der Waals surface area contributed by atoms with Crippen LogP contribution in [0.2, 0.25) is 0 Å². The average Bonchev–Trinajstić information content (AvgIpc) is 3.38. The standard InChI is InChI=1S/C27H32N8O/c1-34(23-10-11-23)18-26(36)31-21-6-8-22(9-7-21)32-27-29-15-13-24(33-27)20-16-30-35(17-20)25(12-14-28)19-4-2-3-5-19/h6-9,13,15-17,19,23,25H,2-5,10-12,18H2,1H3,(H,31,36)(H,29,32,33). The van der Waals surface area contributed by atoms with Crippen LogP contribution in [0.15, 0.2) is 48.9 Å². The number of amides is 1. The second kappa shape index (κ2) is 10.9. The minimum atomic E-state index is -0.00775. The van der Waals surface area contributed by atoms with Crippen LogP contribution in [-0.2, 0) is 4.79 Å². The lowest BCUT2D eigenvalue weighted by molar-refractivity contribution is -0.117. The first-order valence-corrected chi connectivity index (χ1v) is 12.7. The van der Waals surface area contributed by atoms with Gasteiger partial charge in [0.1, 0.15) is 0 Å². The van der Waals surface area contributed by atoms with Crippen molar-refractivity contribution in [2.24, 2.45) is 5.92 Å². The van der Waals surface area contributed by atoms with Crippen molar-refractivity contribution >= 4 is 23.2 Å². The molecule has 186 valence electrons. The van der Waals surface area contributed by atoms with Crippen LogP contribution >= 0.6 is 0 Å². The first kappa shape index (κ1) is 23.9. The molecule has 1 atom stereocenters. The van der Waals surface area contributed by atoms with Crippen molar-refractivity contribution in [1.82, 2.24) is 24.6 Å². The van der Waals surface area contributed by atoms with Crippen molar-refractivity contribution < 1.29 is 4.79 Å². The van der Waals surface area contributed by atoms with E-state index in [4.69, 9.17) is 0 Å². The van der Waals surface area contributed by atoms with Crippen LogP contribution in [0.4, 0.5) is 17.3 Å². The van der Waals surface area contributed by atoms with Crippen LogP contribution in [0.1, 0.15) is 51.0 Å². The zero-order valence-electron chi connectivity index (χ0n) is 20.6. The fourth-order valence-corrected chi connectivity index (χ4v) is 4.98. The lowest BCUT2D eigenvalue weighted by Gasteiger charge is -2.21. The van der Waals surface area contributed by atoms with E-state index in [9.17, 15) is 10.1 Å². The maximum Gasteiger partial charge on any atom is 0.238 e. The minimum Gasteiger partial charge on any atom is -0.325 e. The molecule has 1 aromatic carbocycles. The predicted molar refractivity (Wildman–Crippen MR) is 138 cm³/mol. The molecule has 2 aromatic heterocycles. The summed E-state index contributed by atoms with van der Waals surface area (Å²) in [6.07, 6.45) is 13.1. The van der Waals surface area contributed by atoms with Gasteiger partial charge in [-0.25, -0.2) is 9.97 Å². The van der Waals surface area contributed by atoms with Gasteiger partial charge in [0.15, 0.2) is 0 Å². The molecule has 0 radical (unpaired) electrons. The number of hydrogen-bond acceptors (Lipinski definition) is 7. The smallest absolute Gasteiger partial charge is 0.238 e. The van der Waals surface area contributed by atoms with E-state index in [0.29, 0.717) is 30.9 Å². The quantitative estimate of drug-likeness (QED) is 0.427. The van der Waals surface area contributed by atoms with Gasteiger partial charge in [-0.1, -0.05) is 12.8 Å². The summed E-state index contributed by atoms with van der Waals surface area (Å²) in [6.45, 7) is 0.403. The zero-order chi connectivity index (χ0) is 24.9. The van der Waals surface area contributed by atoms with Gasteiger partial charge in [0, 0.05) is 35.4 Å². The van der Waals surface area contributed by atoms with Crippen molar-refractivity contribution in [3.63, 3.8) is 0 Å². The predicted octanol–water partition coefficient (Wildman–Crippen LogP) is 4.76. The van der Waals surface area contributed by atoms with Crippen LogP contribution in [0.3, 0.4) is 0 Å². The monoisotopic (exact) mass is 484 g/mol. The summed E-state index contributed by atoms with van der Waals surface area (Å²) in [6, 6.07) is 12.4. The summed E-state index contributed by atoms with van der Waals surface area (Å²) < 4.78 is 1.94. The molecule has 1 amide bonds. The van der Waals surface area contributed by atoms with E-state index in [0.717, 1.165) is 35.5 Å². The van der Waals surface area contributed by atoms with Crippen LogP contribution < -0.4 is 10.6 Å². The fraction of sp³-hybridized carbons (Fsp3) is 0.444. The number of hydrogen-bond donors (Lipinski definition) is 2. The number of aromatic nitrogens is 4. The third-order valence-corrected chi connectivity index (χ3v) is 7.13. The summed E-state index contributed by atoms with van der Waals surface area (Å²) in [5.41, 5.74) is 3.25. The molecule has 0 bridgehead atoms. The van der Waals surface area contributed by atoms with Gasteiger partial charge < -0.3 is 10.6 Å². The highest BCUT2D eigenvalue weighted by Crippen LogP contribution is 2.36. The highest BCUT2D eigenvalue weighted by atomic mass is 16.2. The van der Waals surface area contributed by atoms with Crippen LogP contribution in [-0.4, -0.2) is 50.2 Å². The van der Waals surface area contributed by atoms with E-state index in [2.05, 4.69) is 36.7 Å². The SMILES string of the molecule is CN(CC(=O)Nc1ccc(Nc2nccc(-c3cnn(C(CC#N)C4CCCC4)c3)n2)cc1)C1CC1. The van der Waals surface area contributed by atoms with Crippen molar-refractivity contribution in [1.29, 1.82) is 5.26 Å². The zero-order valence-corrected chi connectivity index (χ0v) is 20.6. The van der Waals surface area contributed by atoms with E-state index in [1.807, 2.05) is 54.5 Å².